The summed E-state index contributed by atoms with van der Waals surface area (Å²) < 4.78 is 13.4. The van der Waals surface area contributed by atoms with E-state index in [9.17, 15) is 9.90 Å². The van der Waals surface area contributed by atoms with Gasteiger partial charge in [-0.1, -0.05) is 83.2 Å². The first-order valence-corrected chi connectivity index (χ1v) is 18.5. The molecule has 255 valence electrons. The van der Waals surface area contributed by atoms with Gasteiger partial charge in [0.25, 0.3) is 0 Å². The van der Waals surface area contributed by atoms with Crippen LogP contribution < -0.4 is 0 Å². The minimum atomic E-state index is 0. The summed E-state index contributed by atoms with van der Waals surface area (Å²) in [5.74, 6) is 0.547. The molecule has 3 aromatic carbocycles. The summed E-state index contributed by atoms with van der Waals surface area (Å²) in [5, 5.41) is 12.9. The Kier molecular flexibility index (Phi) is 12.2. The number of aliphatic hydroxyl groups excluding tert-OH is 1. The number of aryl methyl sites for hydroxylation is 1. The quantitative estimate of drug-likeness (QED) is 0.0894. The number of hydrogen-bond acceptors (Lipinski definition) is 6. The normalized spacial score (nSPS) is 12.5. The van der Waals surface area contributed by atoms with Crippen LogP contribution in [0.3, 0.4) is 0 Å². The molecule has 7 heteroatoms. The monoisotopic (exact) mass is 857 g/mol. The molecule has 3 heterocycles. The predicted octanol–water partition coefficient (Wildman–Crippen LogP) is 12.4. The molecule has 0 aliphatic rings. The molecule has 0 atom stereocenters. The number of allylic oxidation sites excluding steroid dienone is 2. The maximum Gasteiger partial charge on any atom is 0.162 e. The second-order valence-corrected chi connectivity index (χ2v) is 15.8. The Morgan fingerprint density at radius 2 is 1.65 bits per heavy atom. The third-order valence-electron chi connectivity index (χ3n) is 8.82. The number of rotatable bonds is 9. The summed E-state index contributed by atoms with van der Waals surface area (Å²) in [4.78, 5) is 21.1. The molecule has 48 heavy (non-hydrogen) atoms. The molecule has 1 radical (unpaired) electrons. The number of hydrogen-bond donors (Lipinski definition) is 1. The van der Waals surface area contributed by atoms with Gasteiger partial charge in [-0.15, -0.1) is 52.3 Å². The average molecular weight is 857 g/mol. The zero-order valence-electron chi connectivity index (χ0n) is 30.3. The fourth-order valence-corrected chi connectivity index (χ4v) is 8.80. The van der Waals surface area contributed by atoms with Gasteiger partial charge >= 0.3 is 0 Å². The second-order valence-electron chi connectivity index (χ2n) is 13.7. The summed E-state index contributed by atoms with van der Waals surface area (Å²) >= 11 is 3.57. The molecule has 0 unspecified atom stereocenters. The molecule has 0 spiro atoms. The third kappa shape index (κ3) is 8.42. The molecule has 3 aromatic heterocycles. The number of carbonyl (C=O) groups is 1. The van der Waals surface area contributed by atoms with Gasteiger partial charge in [0.2, 0.25) is 0 Å². The smallest absolute Gasteiger partial charge is 0.162 e. The largest absolute Gasteiger partial charge is 0.512 e. The Bertz CT molecular complexity index is 2120. The maximum absolute atomic E-state index is 11.7. The molecule has 0 bridgehead atoms. The molecule has 6 aromatic rings. The molecule has 0 fully saturated rings. The van der Waals surface area contributed by atoms with E-state index in [0.717, 1.165) is 69.9 Å². The SMILES string of the molecule is CCC(CC)C(=O)/C=C(\O)C(CC)CC.[2H]c1cc(-c2ncnc3c2sc2c4cc(CC(C)(C)C)ccc4sc32)[c-]c2cc(C)ccc12.[Ir]. The van der Waals surface area contributed by atoms with E-state index in [4.69, 9.17) is 1.37 Å². The van der Waals surface area contributed by atoms with Crippen molar-refractivity contribution in [1.82, 2.24) is 9.97 Å². The van der Waals surface area contributed by atoms with Crippen molar-refractivity contribution in [3.05, 3.63) is 83.9 Å². The van der Waals surface area contributed by atoms with E-state index < -0.39 is 0 Å². The zero-order chi connectivity index (χ0) is 34.7. The Balaban J connectivity index is 0.000000290. The summed E-state index contributed by atoms with van der Waals surface area (Å²) in [7, 11) is 0. The Hall–Kier alpha value is -2.96. The van der Waals surface area contributed by atoms with Crippen molar-refractivity contribution in [3.8, 4) is 11.3 Å². The average Bonchev–Trinajstić information content (AvgIpc) is 3.58. The summed E-state index contributed by atoms with van der Waals surface area (Å²) in [6, 6.07) is 18.9. The number of ketones is 1. The van der Waals surface area contributed by atoms with Crippen molar-refractivity contribution >= 4 is 68.9 Å². The van der Waals surface area contributed by atoms with Crippen LogP contribution in [0.4, 0.5) is 0 Å². The number of thiophene rings is 2. The number of aliphatic hydroxyl groups is 1. The molecular formula is C41H47IrN2O2S2-. The number of nitrogens with zero attached hydrogens (tertiary/aromatic N) is 2. The number of benzene rings is 3. The van der Waals surface area contributed by atoms with Crippen LogP contribution in [0.15, 0.2) is 66.7 Å². The maximum atomic E-state index is 11.7. The Morgan fingerprint density at radius 1 is 0.938 bits per heavy atom. The van der Waals surface area contributed by atoms with Crippen LogP contribution >= 0.6 is 22.7 Å². The second kappa shape index (κ2) is 16.2. The number of fused-ring (bicyclic) bond motifs is 6. The first-order valence-electron chi connectivity index (χ1n) is 17.3. The molecule has 0 saturated heterocycles. The summed E-state index contributed by atoms with van der Waals surface area (Å²) in [6.07, 6.45) is 7.61. The Morgan fingerprint density at radius 3 is 2.31 bits per heavy atom. The fourth-order valence-electron chi connectivity index (χ4n) is 6.15. The minimum Gasteiger partial charge on any atom is -0.512 e. The third-order valence-corrected chi connectivity index (χ3v) is 11.3. The van der Waals surface area contributed by atoms with Crippen molar-refractivity contribution < 1.29 is 31.4 Å². The fraction of sp³-hybridized carbons (Fsp3) is 0.390. The molecule has 0 aliphatic carbocycles. The van der Waals surface area contributed by atoms with Gasteiger partial charge in [-0.25, -0.2) is 4.98 Å². The summed E-state index contributed by atoms with van der Waals surface area (Å²) in [6.45, 7) is 17.0. The molecule has 6 rings (SSSR count). The van der Waals surface area contributed by atoms with Gasteiger partial charge in [-0.3, -0.25) is 9.78 Å². The van der Waals surface area contributed by atoms with Gasteiger partial charge in [-0.05, 0) is 62.1 Å². The number of aromatic nitrogens is 2. The molecule has 0 amide bonds. The topological polar surface area (TPSA) is 63.1 Å². The first-order chi connectivity index (χ1) is 22.9. The van der Waals surface area contributed by atoms with E-state index in [-0.39, 0.29) is 48.9 Å². The van der Waals surface area contributed by atoms with Crippen molar-refractivity contribution in [2.45, 2.75) is 87.5 Å². The van der Waals surface area contributed by atoms with Crippen molar-refractivity contribution in [1.29, 1.82) is 0 Å². The Labute approximate surface area is 308 Å². The van der Waals surface area contributed by atoms with E-state index in [1.165, 1.54) is 31.1 Å². The van der Waals surface area contributed by atoms with Gasteiger partial charge in [0, 0.05) is 59.9 Å². The van der Waals surface area contributed by atoms with Crippen LogP contribution in [0.5, 0.6) is 0 Å². The van der Waals surface area contributed by atoms with E-state index in [1.54, 1.807) is 17.7 Å². The van der Waals surface area contributed by atoms with Crippen LogP contribution in [0, 0.1) is 30.2 Å². The van der Waals surface area contributed by atoms with Crippen molar-refractivity contribution in [2.75, 3.05) is 0 Å². The van der Waals surface area contributed by atoms with Crippen molar-refractivity contribution in [2.24, 2.45) is 17.3 Å². The van der Waals surface area contributed by atoms with E-state index in [2.05, 4.69) is 68.0 Å². The van der Waals surface area contributed by atoms with Crippen LogP contribution in [0.25, 0.3) is 51.7 Å². The van der Waals surface area contributed by atoms with E-state index in [0.29, 0.717) is 6.04 Å². The van der Waals surface area contributed by atoms with Crippen LogP contribution in [-0.2, 0) is 31.3 Å². The molecule has 0 saturated carbocycles. The van der Waals surface area contributed by atoms with Gasteiger partial charge in [0.1, 0.15) is 6.33 Å². The van der Waals surface area contributed by atoms with Gasteiger partial charge < -0.3 is 5.11 Å². The molecule has 1 N–H and O–H groups in total. The van der Waals surface area contributed by atoms with E-state index >= 15 is 0 Å². The minimum absolute atomic E-state index is 0. The van der Waals surface area contributed by atoms with Gasteiger partial charge in [0.15, 0.2) is 5.78 Å². The standard InChI is InChI=1S/C28H23N2S2.C13H24O2.Ir/c1-16-5-7-18-8-9-19(13-20(18)11-16)23-26-24(30-15-29-23)27-25(32-26)21-12-17(14-28(2,3)4)6-10-22(21)31-27;1-5-10(6-2)12(14)9-13(15)11(7-3)8-4;/h5-12,15H,14H2,1-4H3;9-11,14H,5-8H2,1-4H3;/q-1;;/b;12-9-;/i8D;;. The van der Waals surface area contributed by atoms with E-state index in [1.807, 2.05) is 57.2 Å². The molecule has 4 nitrogen and oxygen atoms in total. The van der Waals surface area contributed by atoms with Crippen LogP contribution in [0.1, 0.15) is 86.6 Å². The molecule has 0 aliphatic heterocycles. The predicted molar refractivity (Wildman–Crippen MR) is 204 cm³/mol. The summed E-state index contributed by atoms with van der Waals surface area (Å²) in [5.41, 5.74) is 5.51. The van der Waals surface area contributed by atoms with Crippen molar-refractivity contribution in [3.63, 3.8) is 0 Å². The van der Waals surface area contributed by atoms with Gasteiger partial charge in [0.05, 0.1) is 20.7 Å². The van der Waals surface area contributed by atoms with Gasteiger partial charge in [-0.2, -0.15) is 0 Å². The molecular weight excluding hydrogens is 809 g/mol. The zero-order valence-corrected chi connectivity index (χ0v) is 33.3. The number of carbonyl (C=O) groups excluding carboxylic acids is 1. The van der Waals surface area contributed by atoms with Crippen LogP contribution in [0.2, 0.25) is 0 Å². The van der Waals surface area contributed by atoms with Crippen LogP contribution in [-0.4, -0.2) is 20.9 Å². The first kappa shape index (κ1) is 36.3.